The highest BCUT2D eigenvalue weighted by molar-refractivity contribution is 7.80. The second kappa shape index (κ2) is 6.19. The second-order valence-corrected chi connectivity index (χ2v) is 7.61. The molecule has 0 radical (unpaired) electrons. The Labute approximate surface area is 143 Å². The number of phenols is 1. The molecule has 2 N–H and O–H groups in total. The van der Waals surface area contributed by atoms with Crippen molar-refractivity contribution in [3.8, 4) is 5.75 Å². The summed E-state index contributed by atoms with van der Waals surface area (Å²) in [7, 11) is 0. The van der Waals surface area contributed by atoms with Crippen molar-refractivity contribution in [3.63, 3.8) is 0 Å². The summed E-state index contributed by atoms with van der Waals surface area (Å²) in [5.74, 6) is 2.13. The van der Waals surface area contributed by atoms with Gasteiger partial charge in [-0.2, -0.15) is 0 Å². The number of anilines is 1. The van der Waals surface area contributed by atoms with Crippen LogP contribution in [0.15, 0.2) is 24.3 Å². The molecule has 0 amide bonds. The van der Waals surface area contributed by atoms with Crippen LogP contribution < -0.4 is 10.2 Å². The van der Waals surface area contributed by atoms with Crippen molar-refractivity contribution in [2.45, 2.75) is 31.7 Å². The maximum atomic E-state index is 9.63. The maximum absolute atomic E-state index is 9.63. The molecule has 1 saturated heterocycles. The SMILES string of the molecule is Oc1cccc(N2CCN(C(=S)N[C@@H]3C[C@@H]4CC[C@@H]3C4)CC2)c1. The van der Waals surface area contributed by atoms with Crippen LogP contribution in [0.4, 0.5) is 5.69 Å². The second-order valence-electron chi connectivity index (χ2n) is 7.22. The molecule has 5 heteroatoms. The van der Waals surface area contributed by atoms with Crippen LogP contribution in [-0.2, 0) is 0 Å². The summed E-state index contributed by atoms with van der Waals surface area (Å²) in [6, 6.07) is 8.13. The van der Waals surface area contributed by atoms with Gasteiger partial charge in [0, 0.05) is 44.0 Å². The molecule has 3 atom stereocenters. The van der Waals surface area contributed by atoms with E-state index < -0.39 is 0 Å². The van der Waals surface area contributed by atoms with Gasteiger partial charge in [0.25, 0.3) is 0 Å². The van der Waals surface area contributed by atoms with Gasteiger partial charge in [-0.15, -0.1) is 0 Å². The van der Waals surface area contributed by atoms with Gasteiger partial charge in [0.15, 0.2) is 5.11 Å². The molecule has 1 aromatic carbocycles. The number of rotatable bonds is 2. The van der Waals surface area contributed by atoms with Crippen LogP contribution in [-0.4, -0.2) is 47.3 Å². The van der Waals surface area contributed by atoms with Crippen molar-refractivity contribution < 1.29 is 5.11 Å². The third-order valence-electron chi connectivity index (χ3n) is 5.81. The lowest BCUT2D eigenvalue weighted by Gasteiger charge is -2.38. The number of piperazine rings is 1. The fourth-order valence-electron chi connectivity index (χ4n) is 4.53. The minimum atomic E-state index is 0.332. The van der Waals surface area contributed by atoms with E-state index in [1.807, 2.05) is 12.1 Å². The van der Waals surface area contributed by atoms with E-state index in [9.17, 15) is 5.11 Å². The Morgan fingerprint density at radius 1 is 1.13 bits per heavy atom. The standard InChI is InChI=1S/C18H25N3OS/c22-16-3-1-2-15(12-16)20-6-8-21(9-7-20)18(23)19-17-11-13-4-5-14(17)10-13/h1-3,12-14,17,22H,4-11H2,(H,19,23)/t13-,14-,17-/m1/s1. The van der Waals surface area contributed by atoms with Gasteiger partial charge in [0.05, 0.1) is 0 Å². The molecule has 3 fully saturated rings. The summed E-state index contributed by atoms with van der Waals surface area (Å²) in [4.78, 5) is 4.62. The van der Waals surface area contributed by atoms with Gasteiger partial charge in [-0.3, -0.25) is 0 Å². The Hall–Kier alpha value is -1.49. The molecule has 1 heterocycles. The van der Waals surface area contributed by atoms with Gasteiger partial charge in [-0.1, -0.05) is 12.5 Å². The molecule has 124 valence electrons. The Morgan fingerprint density at radius 2 is 1.96 bits per heavy atom. The first kappa shape index (κ1) is 15.1. The third-order valence-corrected chi connectivity index (χ3v) is 6.18. The lowest BCUT2D eigenvalue weighted by atomic mass is 9.95. The highest BCUT2D eigenvalue weighted by Crippen LogP contribution is 2.44. The van der Waals surface area contributed by atoms with Crippen molar-refractivity contribution in [1.29, 1.82) is 0 Å². The summed E-state index contributed by atoms with van der Waals surface area (Å²) < 4.78 is 0. The van der Waals surface area contributed by atoms with E-state index in [-0.39, 0.29) is 0 Å². The van der Waals surface area contributed by atoms with Gasteiger partial charge in [0.1, 0.15) is 5.75 Å². The third kappa shape index (κ3) is 3.11. The van der Waals surface area contributed by atoms with Crippen molar-refractivity contribution in [1.82, 2.24) is 10.2 Å². The molecule has 4 nitrogen and oxygen atoms in total. The predicted octanol–water partition coefficient (Wildman–Crippen LogP) is 2.58. The Morgan fingerprint density at radius 3 is 2.61 bits per heavy atom. The quantitative estimate of drug-likeness (QED) is 0.815. The molecule has 0 unspecified atom stereocenters. The fourth-order valence-corrected chi connectivity index (χ4v) is 4.86. The molecule has 0 spiro atoms. The van der Waals surface area contributed by atoms with Gasteiger partial charge in [0.2, 0.25) is 0 Å². The van der Waals surface area contributed by atoms with Crippen LogP contribution in [0.3, 0.4) is 0 Å². The number of benzene rings is 1. The average molecular weight is 331 g/mol. The molecule has 1 aromatic rings. The number of phenolic OH excluding ortho intramolecular Hbond substituents is 1. The van der Waals surface area contributed by atoms with Crippen molar-refractivity contribution in [3.05, 3.63) is 24.3 Å². The van der Waals surface area contributed by atoms with E-state index in [1.54, 1.807) is 6.07 Å². The molecule has 2 aliphatic carbocycles. The summed E-state index contributed by atoms with van der Waals surface area (Å²) in [5.41, 5.74) is 1.09. The number of hydrogen-bond donors (Lipinski definition) is 2. The molecule has 3 aliphatic rings. The first-order valence-corrected chi connectivity index (χ1v) is 9.19. The van der Waals surface area contributed by atoms with Gasteiger partial charge in [-0.05, 0) is 55.4 Å². The van der Waals surface area contributed by atoms with Crippen molar-refractivity contribution >= 4 is 23.0 Å². The van der Waals surface area contributed by atoms with E-state index >= 15 is 0 Å². The first-order valence-electron chi connectivity index (χ1n) is 8.78. The van der Waals surface area contributed by atoms with Crippen LogP contribution in [0, 0.1) is 11.8 Å². The molecule has 0 aromatic heterocycles. The minimum Gasteiger partial charge on any atom is -0.508 e. The maximum Gasteiger partial charge on any atom is 0.169 e. The molecule has 2 bridgehead atoms. The minimum absolute atomic E-state index is 0.332. The zero-order valence-corrected chi connectivity index (χ0v) is 14.3. The van der Waals surface area contributed by atoms with E-state index in [2.05, 4.69) is 21.2 Å². The lowest BCUT2D eigenvalue weighted by Crippen LogP contribution is -2.54. The van der Waals surface area contributed by atoms with Crippen LogP contribution in [0.2, 0.25) is 0 Å². The van der Waals surface area contributed by atoms with Gasteiger partial charge in [-0.25, -0.2) is 0 Å². The summed E-state index contributed by atoms with van der Waals surface area (Å²) in [5, 5.41) is 14.2. The molecule has 4 rings (SSSR count). The summed E-state index contributed by atoms with van der Waals surface area (Å²) in [6.07, 6.45) is 5.54. The van der Waals surface area contributed by atoms with Crippen molar-refractivity contribution in [2.75, 3.05) is 31.1 Å². The molecule has 1 aliphatic heterocycles. The average Bonchev–Trinajstić information content (AvgIpc) is 3.18. The Kier molecular flexibility index (Phi) is 4.05. The van der Waals surface area contributed by atoms with Crippen LogP contribution in [0.5, 0.6) is 5.75 Å². The normalized spacial score (nSPS) is 29.8. The highest BCUT2D eigenvalue weighted by Gasteiger charge is 2.40. The number of nitrogens with one attached hydrogen (secondary N) is 1. The van der Waals surface area contributed by atoms with Crippen LogP contribution >= 0.6 is 12.2 Å². The van der Waals surface area contributed by atoms with Gasteiger partial charge >= 0.3 is 0 Å². The number of aromatic hydroxyl groups is 1. The van der Waals surface area contributed by atoms with E-state index in [0.717, 1.165) is 48.8 Å². The topological polar surface area (TPSA) is 38.7 Å². The number of hydrogen-bond acceptors (Lipinski definition) is 3. The molecule has 2 saturated carbocycles. The highest BCUT2D eigenvalue weighted by atomic mass is 32.1. The van der Waals surface area contributed by atoms with Crippen LogP contribution in [0.25, 0.3) is 0 Å². The smallest absolute Gasteiger partial charge is 0.169 e. The van der Waals surface area contributed by atoms with E-state index in [0.29, 0.717) is 11.8 Å². The number of nitrogens with zero attached hydrogens (tertiary/aromatic N) is 2. The lowest BCUT2D eigenvalue weighted by molar-refractivity contribution is 0.345. The zero-order chi connectivity index (χ0) is 15.8. The Balaban J connectivity index is 1.30. The van der Waals surface area contributed by atoms with Crippen LogP contribution in [0.1, 0.15) is 25.7 Å². The van der Waals surface area contributed by atoms with E-state index in [4.69, 9.17) is 12.2 Å². The fraction of sp³-hybridized carbons (Fsp3) is 0.611. The molecular formula is C18H25N3OS. The molecular weight excluding hydrogens is 306 g/mol. The number of thiocarbonyl (C=S) groups is 1. The van der Waals surface area contributed by atoms with Gasteiger partial charge < -0.3 is 20.2 Å². The predicted molar refractivity (Wildman–Crippen MR) is 96.9 cm³/mol. The molecule has 23 heavy (non-hydrogen) atoms. The zero-order valence-electron chi connectivity index (χ0n) is 13.4. The largest absolute Gasteiger partial charge is 0.508 e. The van der Waals surface area contributed by atoms with E-state index in [1.165, 1.54) is 25.7 Å². The first-order chi connectivity index (χ1) is 11.2. The summed E-state index contributed by atoms with van der Waals surface area (Å²) in [6.45, 7) is 3.79. The van der Waals surface area contributed by atoms with Crippen molar-refractivity contribution in [2.24, 2.45) is 11.8 Å². The monoisotopic (exact) mass is 331 g/mol. The number of fused-ring (bicyclic) bond motifs is 2. The Bertz CT molecular complexity index is 585. The summed E-state index contributed by atoms with van der Waals surface area (Å²) >= 11 is 5.66.